The van der Waals surface area contributed by atoms with Crippen LogP contribution < -0.4 is 19.7 Å². The van der Waals surface area contributed by atoms with Crippen molar-refractivity contribution >= 4 is 23.4 Å². The van der Waals surface area contributed by atoms with Crippen molar-refractivity contribution in [2.24, 2.45) is 0 Å². The summed E-state index contributed by atoms with van der Waals surface area (Å²) in [6.45, 7) is 4.08. The van der Waals surface area contributed by atoms with Crippen LogP contribution in [0.1, 0.15) is 38.9 Å². The van der Waals surface area contributed by atoms with Gasteiger partial charge in [0.05, 0.1) is 31.0 Å². The lowest BCUT2D eigenvalue weighted by Crippen LogP contribution is -2.49. The van der Waals surface area contributed by atoms with E-state index < -0.39 is 6.17 Å². The first-order chi connectivity index (χ1) is 15.0. The van der Waals surface area contributed by atoms with Crippen molar-refractivity contribution in [1.82, 2.24) is 10.2 Å². The summed E-state index contributed by atoms with van der Waals surface area (Å²) in [7, 11) is 2.98. The minimum absolute atomic E-state index is 0.100. The largest absolute Gasteiger partial charge is 0.493 e. The molecule has 2 aliphatic heterocycles. The van der Waals surface area contributed by atoms with Crippen LogP contribution in [0.4, 0.5) is 5.69 Å². The first-order valence-electron chi connectivity index (χ1n) is 9.89. The highest BCUT2D eigenvalue weighted by Crippen LogP contribution is 2.49. The summed E-state index contributed by atoms with van der Waals surface area (Å²) < 4.78 is 10.9. The number of rotatable bonds is 7. The number of carbonyl (C=O) groups is 3. The Hall–Kier alpha value is -3.81. The van der Waals surface area contributed by atoms with E-state index in [9.17, 15) is 14.4 Å². The van der Waals surface area contributed by atoms with Crippen molar-refractivity contribution in [2.75, 3.05) is 32.2 Å². The molecule has 0 unspecified atom stereocenters. The summed E-state index contributed by atoms with van der Waals surface area (Å²) in [6.07, 6.45) is 1.02. The van der Waals surface area contributed by atoms with E-state index in [0.717, 1.165) is 0 Å². The molecule has 2 heterocycles. The van der Waals surface area contributed by atoms with E-state index in [-0.39, 0.29) is 30.7 Å². The van der Waals surface area contributed by atoms with Gasteiger partial charge in [-0.05, 0) is 18.2 Å². The number of fused-ring (bicyclic) bond motifs is 5. The normalized spacial score (nSPS) is 16.4. The first kappa shape index (κ1) is 20.5. The number of methoxy groups -OCH3 is 2. The number of ether oxygens (including phenoxy) is 2. The second-order valence-electron chi connectivity index (χ2n) is 7.17. The fourth-order valence-corrected chi connectivity index (χ4v) is 4.15. The lowest BCUT2D eigenvalue weighted by molar-refractivity contribution is -0.121. The van der Waals surface area contributed by atoms with E-state index in [4.69, 9.17) is 9.47 Å². The Morgan fingerprint density at radius 3 is 2.61 bits per heavy atom. The summed E-state index contributed by atoms with van der Waals surface area (Å²) in [4.78, 5) is 42.2. The Bertz CT molecular complexity index is 1080. The molecular formula is C23H23N3O5. The summed E-state index contributed by atoms with van der Waals surface area (Å²) in [5.74, 6) is 0.0491. The molecule has 0 saturated carbocycles. The van der Waals surface area contributed by atoms with Gasteiger partial charge in [-0.3, -0.25) is 19.3 Å². The fourth-order valence-electron chi connectivity index (χ4n) is 4.15. The van der Waals surface area contributed by atoms with Gasteiger partial charge in [0.1, 0.15) is 6.17 Å². The van der Waals surface area contributed by atoms with Gasteiger partial charge in [0.2, 0.25) is 5.91 Å². The zero-order valence-electron chi connectivity index (χ0n) is 17.4. The van der Waals surface area contributed by atoms with Gasteiger partial charge in [-0.1, -0.05) is 24.3 Å². The lowest BCUT2D eigenvalue weighted by Gasteiger charge is -2.40. The average Bonchev–Trinajstić information content (AvgIpc) is 3.09. The number of hydrogen-bond donors (Lipinski definition) is 1. The molecule has 2 aromatic carbocycles. The maximum Gasteiger partial charge on any atom is 0.264 e. The van der Waals surface area contributed by atoms with Crippen LogP contribution in [0.3, 0.4) is 0 Å². The molecule has 0 radical (unpaired) electrons. The molecule has 8 heteroatoms. The average molecular weight is 421 g/mol. The molecule has 2 aromatic rings. The number of benzene rings is 2. The van der Waals surface area contributed by atoms with Gasteiger partial charge in [-0.15, -0.1) is 6.58 Å². The van der Waals surface area contributed by atoms with E-state index in [1.807, 2.05) is 0 Å². The first-order valence-corrected chi connectivity index (χ1v) is 9.89. The predicted molar refractivity (Wildman–Crippen MR) is 114 cm³/mol. The molecule has 0 fully saturated rings. The molecule has 2 aliphatic rings. The van der Waals surface area contributed by atoms with E-state index in [1.165, 1.54) is 14.2 Å². The summed E-state index contributed by atoms with van der Waals surface area (Å²) >= 11 is 0. The van der Waals surface area contributed by atoms with Gasteiger partial charge in [-0.2, -0.15) is 0 Å². The Labute approximate surface area is 180 Å². The molecule has 0 spiro atoms. The van der Waals surface area contributed by atoms with Crippen molar-refractivity contribution in [2.45, 2.75) is 12.6 Å². The quantitative estimate of drug-likeness (QED) is 0.694. The van der Waals surface area contributed by atoms with E-state index in [1.54, 1.807) is 52.3 Å². The van der Waals surface area contributed by atoms with Crippen LogP contribution in [-0.4, -0.2) is 49.9 Å². The summed E-state index contributed by atoms with van der Waals surface area (Å²) in [6, 6.07) is 10.5. The highest BCUT2D eigenvalue weighted by Gasteiger charge is 2.49. The minimum Gasteiger partial charge on any atom is -0.493 e. The number of carbonyl (C=O) groups excluding carboxylic acids is 3. The molecule has 3 amide bonds. The van der Waals surface area contributed by atoms with Crippen LogP contribution in [-0.2, 0) is 4.79 Å². The van der Waals surface area contributed by atoms with Crippen molar-refractivity contribution in [3.8, 4) is 11.5 Å². The van der Waals surface area contributed by atoms with Gasteiger partial charge in [-0.25, -0.2) is 0 Å². The number of anilines is 1. The molecule has 0 aromatic heterocycles. The minimum atomic E-state index is -0.670. The molecule has 8 nitrogen and oxygen atoms in total. The van der Waals surface area contributed by atoms with Crippen LogP contribution >= 0.6 is 0 Å². The third-order valence-corrected chi connectivity index (χ3v) is 5.51. The Kier molecular flexibility index (Phi) is 5.37. The van der Waals surface area contributed by atoms with Crippen LogP contribution in [0.15, 0.2) is 49.1 Å². The highest BCUT2D eigenvalue weighted by molar-refractivity contribution is 6.18. The van der Waals surface area contributed by atoms with Crippen molar-refractivity contribution < 1.29 is 23.9 Å². The van der Waals surface area contributed by atoms with E-state index >= 15 is 0 Å². The van der Waals surface area contributed by atoms with E-state index in [2.05, 4.69) is 11.9 Å². The number of hydrogen-bond acceptors (Lipinski definition) is 5. The molecule has 160 valence electrons. The maximum atomic E-state index is 13.5. The van der Waals surface area contributed by atoms with Gasteiger partial charge in [0.15, 0.2) is 11.5 Å². The predicted octanol–water partition coefficient (Wildman–Crippen LogP) is 2.51. The fraction of sp³-hybridized carbons (Fsp3) is 0.261. The zero-order valence-corrected chi connectivity index (χ0v) is 17.4. The maximum absolute atomic E-state index is 13.5. The standard InChI is InChI=1S/C23H23N3O5/c1-4-12-24-18(27)11-13-25-21-15-9-10-17(30-2)20(31-3)19(15)23(29)26(21)16-8-6-5-7-14(16)22(25)28/h4-10,21H,1,11-13H2,2-3H3,(H,24,27)/t21-/m0/s1. The second kappa shape index (κ2) is 8.14. The Balaban J connectivity index is 1.80. The third-order valence-electron chi connectivity index (χ3n) is 5.51. The molecule has 1 atom stereocenters. The zero-order chi connectivity index (χ0) is 22.1. The third kappa shape index (κ3) is 3.20. The Morgan fingerprint density at radius 2 is 1.90 bits per heavy atom. The van der Waals surface area contributed by atoms with Crippen LogP contribution in [0.25, 0.3) is 0 Å². The van der Waals surface area contributed by atoms with Crippen molar-refractivity contribution in [1.29, 1.82) is 0 Å². The van der Waals surface area contributed by atoms with Gasteiger partial charge in [0, 0.05) is 25.1 Å². The number of para-hydroxylation sites is 1. The smallest absolute Gasteiger partial charge is 0.264 e. The molecule has 31 heavy (non-hydrogen) atoms. The van der Waals surface area contributed by atoms with Crippen LogP contribution in [0.2, 0.25) is 0 Å². The molecule has 4 rings (SSSR count). The number of nitrogens with zero attached hydrogens (tertiary/aromatic N) is 2. The highest BCUT2D eigenvalue weighted by atomic mass is 16.5. The van der Waals surface area contributed by atoms with Crippen molar-refractivity contribution in [3.63, 3.8) is 0 Å². The van der Waals surface area contributed by atoms with E-state index in [0.29, 0.717) is 40.4 Å². The van der Waals surface area contributed by atoms with Crippen LogP contribution in [0.5, 0.6) is 11.5 Å². The SMILES string of the molecule is C=CCNC(=O)CCN1C(=O)c2ccccc2N2C(=O)c3c(ccc(OC)c3OC)[C@@H]12. The molecule has 1 N–H and O–H groups in total. The Morgan fingerprint density at radius 1 is 1.13 bits per heavy atom. The van der Waals surface area contributed by atoms with Gasteiger partial charge < -0.3 is 19.7 Å². The topological polar surface area (TPSA) is 88.2 Å². The molecule has 0 aliphatic carbocycles. The van der Waals surface area contributed by atoms with Crippen molar-refractivity contribution in [3.05, 3.63) is 65.7 Å². The molecule has 0 bridgehead atoms. The molecule has 0 saturated heterocycles. The summed E-state index contributed by atoms with van der Waals surface area (Å²) in [5.41, 5.74) is 1.94. The molecular weight excluding hydrogens is 398 g/mol. The van der Waals surface area contributed by atoms with Crippen LogP contribution in [0, 0.1) is 0 Å². The van der Waals surface area contributed by atoms with Gasteiger partial charge in [0.25, 0.3) is 11.8 Å². The van der Waals surface area contributed by atoms with Gasteiger partial charge >= 0.3 is 0 Å². The number of amides is 3. The second-order valence-corrected chi connectivity index (χ2v) is 7.17. The lowest BCUT2D eigenvalue weighted by atomic mass is 10.0. The monoisotopic (exact) mass is 421 g/mol. The summed E-state index contributed by atoms with van der Waals surface area (Å²) in [5, 5.41) is 2.71. The number of nitrogens with one attached hydrogen (secondary N) is 1.